The second kappa shape index (κ2) is 6.22. The van der Waals surface area contributed by atoms with Crippen LogP contribution in [-0.4, -0.2) is 16.8 Å². The molecule has 2 aromatic rings. The third-order valence-electron chi connectivity index (χ3n) is 3.70. The van der Waals surface area contributed by atoms with Crippen molar-refractivity contribution in [1.82, 2.24) is 0 Å². The average molecular weight is 350 g/mol. The molecule has 1 aliphatic rings. The fraction of sp³-hybridized carbons (Fsp3) is 0.176. The molecule has 0 aliphatic carbocycles. The molecule has 0 aromatic heterocycles. The van der Waals surface area contributed by atoms with E-state index in [9.17, 15) is 9.59 Å². The van der Waals surface area contributed by atoms with Gasteiger partial charge in [0.25, 0.3) is 5.91 Å². The highest BCUT2D eigenvalue weighted by Gasteiger charge is 2.38. The summed E-state index contributed by atoms with van der Waals surface area (Å²) in [7, 11) is 0. The standard InChI is InChI=1S/C17H13Cl2NO3/c1-10-6-2-5-9-13(10)20-16(21)12-8-4-3-7-11(12)14(15(18)19)23-17(20)22/h2-9,14-15H,1H3. The van der Waals surface area contributed by atoms with E-state index in [2.05, 4.69) is 0 Å². The van der Waals surface area contributed by atoms with Crippen LogP contribution < -0.4 is 4.90 Å². The highest BCUT2D eigenvalue weighted by Crippen LogP contribution is 2.36. The van der Waals surface area contributed by atoms with E-state index in [0.29, 0.717) is 16.8 Å². The van der Waals surface area contributed by atoms with Gasteiger partial charge in [-0.15, -0.1) is 23.2 Å². The van der Waals surface area contributed by atoms with Gasteiger partial charge in [-0.3, -0.25) is 4.79 Å². The number of imide groups is 1. The third kappa shape index (κ3) is 2.80. The Morgan fingerprint density at radius 2 is 1.70 bits per heavy atom. The SMILES string of the molecule is Cc1ccccc1N1C(=O)OC(C(Cl)Cl)c2ccccc2C1=O. The van der Waals surface area contributed by atoms with Crippen LogP contribution in [0.1, 0.15) is 27.6 Å². The van der Waals surface area contributed by atoms with Gasteiger partial charge in [-0.25, -0.2) is 9.69 Å². The van der Waals surface area contributed by atoms with E-state index in [1.165, 1.54) is 0 Å². The Morgan fingerprint density at radius 1 is 1.04 bits per heavy atom. The Kier molecular flexibility index (Phi) is 4.28. The molecule has 23 heavy (non-hydrogen) atoms. The Hall–Kier alpha value is -2.04. The minimum absolute atomic E-state index is 0.345. The number of alkyl halides is 2. The molecule has 1 aliphatic heterocycles. The number of carbonyl (C=O) groups is 2. The predicted octanol–water partition coefficient (Wildman–Crippen LogP) is 4.64. The molecule has 2 amide bonds. The summed E-state index contributed by atoms with van der Waals surface area (Å²) in [6.07, 6.45) is -1.70. The summed E-state index contributed by atoms with van der Waals surface area (Å²) in [6.45, 7) is 1.82. The zero-order chi connectivity index (χ0) is 16.6. The molecule has 0 bridgehead atoms. The van der Waals surface area contributed by atoms with Gasteiger partial charge in [0.15, 0.2) is 6.10 Å². The van der Waals surface area contributed by atoms with Crippen LogP contribution in [0.2, 0.25) is 0 Å². The van der Waals surface area contributed by atoms with Gasteiger partial charge in [-0.2, -0.15) is 0 Å². The van der Waals surface area contributed by atoms with Crippen LogP contribution >= 0.6 is 23.2 Å². The smallest absolute Gasteiger partial charge is 0.422 e. The normalized spacial score (nSPS) is 17.7. The van der Waals surface area contributed by atoms with Crippen molar-refractivity contribution in [3.63, 3.8) is 0 Å². The van der Waals surface area contributed by atoms with Crippen LogP contribution in [0.25, 0.3) is 0 Å². The van der Waals surface area contributed by atoms with E-state index < -0.39 is 22.9 Å². The monoisotopic (exact) mass is 349 g/mol. The van der Waals surface area contributed by atoms with E-state index in [4.69, 9.17) is 27.9 Å². The van der Waals surface area contributed by atoms with Crippen molar-refractivity contribution in [3.05, 3.63) is 65.2 Å². The second-order valence-corrected chi connectivity index (χ2v) is 6.32. The highest BCUT2D eigenvalue weighted by atomic mass is 35.5. The summed E-state index contributed by atoms with van der Waals surface area (Å²) in [4.78, 5) is 25.5. The number of nitrogens with zero attached hydrogens (tertiary/aromatic N) is 1. The molecule has 2 aromatic carbocycles. The van der Waals surface area contributed by atoms with Crippen LogP contribution in [-0.2, 0) is 4.74 Å². The number of anilines is 1. The van der Waals surface area contributed by atoms with E-state index in [1.54, 1.807) is 36.4 Å². The topological polar surface area (TPSA) is 46.6 Å². The number of fused-ring (bicyclic) bond motifs is 1. The molecular weight excluding hydrogens is 337 g/mol. The molecular formula is C17H13Cl2NO3. The highest BCUT2D eigenvalue weighted by molar-refractivity contribution is 6.44. The summed E-state index contributed by atoms with van der Waals surface area (Å²) < 4.78 is 5.39. The zero-order valence-corrected chi connectivity index (χ0v) is 13.7. The first kappa shape index (κ1) is 15.8. The van der Waals surface area contributed by atoms with E-state index >= 15 is 0 Å². The Balaban J connectivity index is 2.17. The zero-order valence-electron chi connectivity index (χ0n) is 12.2. The molecule has 0 saturated heterocycles. The molecule has 0 N–H and O–H groups in total. The first-order valence-electron chi connectivity index (χ1n) is 6.98. The minimum Gasteiger partial charge on any atom is -0.438 e. The second-order valence-electron chi connectivity index (χ2n) is 5.15. The molecule has 1 atom stereocenters. The molecule has 0 fully saturated rings. The van der Waals surface area contributed by atoms with Crippen molar-refractivity contribution in [1.29, 1.82) is 0 Å². The molecule has 118 valence electrons. The number of para-hydroxylation sites is 1. The number of benzene rings is 2. The van der Waals surface area contributed by atoms with Crippen molar-refractivity contribution in [2.45, 2.75) is 17.9 Å². The lowest BCUT2D eigenvalue weighted by molar-refractivity contribution is 0.0952. The van der Waals surface area contributed by atoms with Gasteiger partial charge in [-0.1, -0.05) is 36.4 Å². The summed E-state index contributed by atoms with van der Waals surface area (Å²) in [5, 5.41) is 0. The molecule has 3 rings (SSSR count). The molecule has 0 radical (unpaired) electrons. The molecule has 1 heterocycles. The summed E-state index contributed by atoms with van der Waals surface area (Å²) in [5.74, 6) is -0.462. The number of cyclic esters (lactones) is 1. The van der Waals surface area contributed by atoms with Gasteiger partial charge in [0, 0.05) is 11.1 Å². The lowest BCUT2D eigenvalue weighted by Gasteiger charge is -2.21. The minimum atomic E-state index is -0.982. The Labute approximate surface area is 143 Å². The fourth-order valence-electron chi connectivity index (χ4n) is 2.58. The number of hydrogen-bond donors (Lipinski definition) is 0. The van der Waals surface area contributed by atoms with Crippen molar-refractivity contribution >= 4 is 40.9 Å². The molecule has 4 nitrogen and oxygen atoms in total. The van der Waals surface area contributed by atoms with E-state index in [-0.39, 0.29) is 0 Å². The van der Waals surface area contributed by atoms with Gasteiger partial charge < -0.3 is 4.74 Å². The van der Waals surface area contributed by atoms with Crippen molar-refractivity contribution in [2.24, 2.45) is 0 Å². The first-order chi connectivity index (χ1) is 11.0. The maximum Gasteiger partial charge on any atom is 0.422 e. The number of carbonyl (C=O) groups excluding carboxylic acids is 2. The van der Waals surface area contributed by atoms with Gasteiger partial charge in [0.05, 0.1) is 5.69 Å². The first-order valence-corrected chi connectivity index (χ1v) is 7.85. The van der Waals surface area contributed by atoms with Gasteiger partial charge >= 0.3 is 6.09 Å². The Bertz CT molecular complexity index is 776. The average Bonchev–Trinajstić information content (AvgIpc) is 2.64. The molecule has 6 heteroatoms. The molecule has 0 saturated carbocycles. The number of hydrogen-bond acceptors (Lipinski definition) is 3. The van der Waals surface area contributed by atoms with Crippen LogP contribution in [0.15, 0.2) is 48.5 Å². The van der Waals surface area contributed by atoms with Gasteiger partial charge in [-0.05, 0) is 24.6 Å². The molecule has 0 spiro atoms. The third-order valence-corrected chi connectivity index (χ3v) is 4.15. The largest absolute Gasteiger partial charge is 0.438 e. The summed E-state index contributed by atoms with van der Waals surface area (Å²) in [5.41, 5.74) is 2.09. The summed E-state index contributed by atoms with van der Waals surface area (Å²) >= 11 is 11.9. The van der Waals surface area contributed by atoms with Crippen molar-refractivity contribution in [3.8, 4) is 0 Å². The van der Waals surface area contributed by atoms with Crippen molar-refractivity contribution < 1.29 is 14.3 Å². The van der Waals surface area contributed by atoms with Crippen LogP contribution in [0.5, 0.6) is 0 Å². The summed E-state index contributed by atoms with van der Waals surface area (Å²) in [6, 6.07) is 13.9. The number of ether oxygens (including phenoxy) is 1. The quantitative estimate of drug-likeness (QED) is 0.742. The maximum atomic E-state index is 12.9. The lowest BCUT2D eigenvalue weighted by Crippen LogP contribution is -2.36. The predicted molar refractivity (Wildman–Crippen MR) is 89.1 cm³/mol. The van der Waals surface area contributed by atoms with E-state index in [0.717, 1.165) is 10.5 Å². The van der Waals surface area contributed by atoms with Gasteiger partial charge in [0.1, 0.15) is 4.84 Å². The Morgan fingerprint density at radius 3 is 2.39 bits per heavy atom. The maximum absolute atomic E-state index is 12.9. The van der Waals surface area contributed by atoms with Crippen LogP contribution in [0.4, 0.5) is 10.5 Å². The lowest BCUT2D eigenvalue weighted by atomic mass is 10.0. The molecule has 1 unspecified atom stereocenters. The van der Waals surface area contributed by atoms with Crippen LogP contribution in [0.3, 0.4) is 0 Å². The number of amides is 2. The van der Waals surface area contributed by atoms with Gasteiger partial charge in [0.2, 0.25) is 0 Å². The van der Waals surface area contributed by atoms with Crippen LogP contribution in [0, 0.1) is 6.92 Å². The number of aryl methyl sites for hydroxylation is 1. The fourth-order valence-corrected chi connectivity index (χ4v) is 2.95. The van der Waals surface area contributed by atoms with Crippen molar-refractivity contribution in [2.75, 3.05) is 4.90 Å². The number of rotatable bonds is 2. The van der Waals surface area contributed by atoms with E-state index in [1.807, 2.05) is 19.1 Å². The number of halogens is 2.